The van der Waals surface area contributed by atoms with Gasteiger partial charge >= 0.3 is 0 Å². The Morgan fingerprint density at radius 3 is 2.79 bits per heavy atom. The number of nitrogens with one attached hydrogen (secondary N) is 1. The number of hydrogen-bond donors (Lipinski definition) is 1. The number of carbonyl (C=O) groups excluding carboxylic acids is 1. The van der Waals surface area contributed by atoms with Crippen LogP contribution in [-0.4, -0.2) is 70.8 Å². The Bertz CT molecular complexity index is 705. The summed E-state index contributed by atoms with van der Waals surface area (Å²) in [5.74, 6) is -0.269. The molecule has 134 valence electrons. The first-order valence-corrected chi connectivity index (χ1v) is 9.55. The van der Waals surface area contributed by atoms with Crippen LogP contribution in [0.5, 0.6) is 0 Å². The van der Waals surface area contributed by atoms with Gasteiger partial charge in [-0.3, -0.25) is 9.78 Å². The van der Waals surface area contributed by atoms with Crippen molar-refractivity contribution in [1.82, 2.24) is 14.6 Å². The number of carbonyl (C=O) groups is 1. The van der Waals surface area contributed by atoms with Crippen LogP contribution in [0, 0.1) is 6.92 Å². The van der Waals surface area contributed by atoms with Crippen molar-refractivity contribution in [2.75, 3.05) is 51.5 Å². The molecule has 1 fully saturated rings. The van der Waals surface area contributed by atoms with Crippen LogP contribution in [-0.2, 0) is 19.6 Å². The molecule has 1 saturated heterocycles. The van der Waals surface area contributed by atoms with Gasteiger partial charge in [-0.05, 0) is 19.1 Å². The first-order valence-electron chi connectivity index (χ1n) is 7.65. The van der Waals surface area contributed by atoms with Gasteiger partial charge in [0.15, 0.2) is 0 Å². The predicted octanol–water partition coefficient (Wildman–Crippen LogP) is -0.0949. The lowest BCUT2D eigenvalue weighted by atomic mass is 10.1. The van der Waals surface area contributed by atoms with E-state index in [1.807, 2.05) is 38.1 Å². The second-order valence-corrected chi connectivity index (χ2v) is 7.91. The van der Waals surface area contributed by atoms with E-state index in [4.69, 9.17) is 4.74 Å². The number of amides is 1. The molecular weight excluding hydrogens is 332 g/mol. The summed E-state index contributed by atoms with van der Waals surface area (Å²) >= 11 is 0. The van der Waals surface area contributed by atoms with Gasteiger partial charge in [0.1, 0.15) is 6.10 Å². The van der Waals surface area contributed by atoms with Gasteiger partial charge in [-0.1, -0.05) is 0 Å². The highest BCUT2D eigenvalue weighted by atomic mass is 32.2. The molecule has 1 N–H and O–H groups in total. The van der Waals surface area contributed by atoms with Crippen LogP contribution < -0.4 is 9.62 Å². The van der Waals surface area contributed by atoms with Gasteiger partial charge in [0, 0.05) is 32.0 Å². The van der Waals surface area contributed by atoms with Crippen LogP contribution in [0.3, 0.4) is 0 Å². The van der Waals surface area contributed by atoms with E-state index in [1.54, 1.807) is 4.90 Å². The van der Waals surface area contributed by atoms with E-state index >= 15 is 0 Å². The van der Waals surface area contributed by atoms with Crippen molar-refractivity contribution in [3.63, 3.8) is 0 Å². The molecule has 1 aromatic rings. The summed E-state index contributed by atoms with van der Waals surface area (Å²) in [6.45, 7) is 2.86. The number of hydrogen-bond acceptors (Lipinski definition) is 6. The van der Waals surface area contributed by atoms with Crippen LogP contribution in [0.1, 0.15) is 17.5 Å². The third-order valence-electron chi connectivity index (χ3n) is 3.71. The number of pyridine rings is 1. The Labute approximate surface area is 142 Å². The molecule has 8 nitrogen and oxygen atoms in total. The molecular formula is C15H24N4O4S. The lowest BCUT2D eigenvalue weighted by Gasteiger charge is -2.33. The van der Waals surface area contributed by atoms with E-state index in [0.29, 0.717) is 19.7 Å². The molecule has 1 atom stereocenters. The molecule has 9 heteroatoms. The highest BCUT2D eigenvalue weighted by Gasteiger charge is 2.27. The van der Waals surface area contributed by atoms with Crippen LogP contribution >= 0.6 is 0 Å². The van der Waals surface area contributed by atoms with Crippen molar-refractivity contribution in [2.24, 2.45) is 0 Å². The van der Waals surface area contributed by atoms with E-state index in [9.17, 15) is 13.2 Å². The van der Waals surface area contributed by atoms with Gasteiger partial charge in [0.25, 0.3) is 0 Å². The molecule has 24 heavy (non-hydrogen) atoms. The number of morpholine rings is 1. The fraction of sp³-hybridized carbons (Fsp3) is 0.600. The maximum absolute atomic E-state index is 12.2. The number of anilines is 1. The number of aryl methyl sites for hydroxylation is 1. The standard InChI is InChI=1S/C15H24N4O4S/c1-11-7-12(18(2)3)8-13(17-11)14-10-19(5-6-23-14)15(20)9-16-24(4,21)22/h7-8,14,16H,5-6,9-10H2,1-4H3. The number of sulfonamides is 1. The third-order valence-corrected chi connectivity index (χ3v) is 4.38. The first-order chi connectivity index (χ1) is 11.2. The number of nitrogens with zero attached hydrogens (tertiary/aromatic N) is 3. The summed E-state index contributed by atoms with van der Waals surface area (Å²) < 4.78 is 30.2. The van der Waals surface area contributed by atoms with Crippen molar-refractivity contribution in [3.05, 3.63) is 23.5 Å². The lowest BCUT2D eigenvalue weighted by molar-refractivity contribution is -0.137. The molecule has 1 aliphatic heterocycles. The summed E-state index contributed by atoms with van der Waals surface area (Å²) in [5, 5.41) is 0. The zero-order valence-corrected chi connectivity index (χ0v) is 15.3. The molecule has 0 radical (unpaired) electrons. The number of ether oxygens (including phenoxy) is 1. The number of rotatable bonds is 5. The Kier molecular flexibility index (Phi) is 5.79. The van der Waals surface area contributed by atoms with Crippen LogP contribution in [0.15, 0.2) is 12.1 Å². The summed E-state index contributed by atoms with van der Waals surface area (Å²) in [5.41, 5.74) is 2.66. The average molecular weight is 356 g/mol. The second-order valence-electron chi connectivity index (χ2n) is 6.08. The zero-order chi connectivity index (χ0) is 17.9. The van der Waals surface area contributed by atoms with Gasteiger partial charge in [0.05, 0.1) is 31.6 Å². The average Bonchev–Trinajstić information content (AvgIpc) is 2.51. The highest BCUT2D eigenvalue weighted by molar-refractivity contribution is 7.88. The Morgan fingerprint density at radius 1 is 1.46 bits per heavy atom. The molecule has 0 aromatic carbocycles. The predicted molar refractivity (Wildman–Crippen MR) is 91.4 cm³/mol. The van der Waals surface area contributed by atoms with Crippen LogP contribution in [0.4, 0.5) is 5.69 Å². The molecule has 0 saturated carbocycles. The topological polar surface area (TPSA) is 91.8 Å². The fourth-order valence-corrected chi connectivity index (χ4v) is 2.84. The van der Waals surface area contributed by atoms with E-state index < -0.39 is 10.0 Å². The van der Waals surface area contributed by atoms with Gasteiger partial charge in [-0.25, -0.2) is 13.1 Å². The molecule has 1 unspecified atom stereocenters. The van der Waals surface area contributed by atoms with Gasteiger partial charge in [-0.15, -0.1) is 0 Å². The summed E-state index contributed by atoms with van der Waals surface area (Å²) in [7, 11) is 0.512. The third kappa shape index (κ3) is 5.15. The molecule has 1 aromatic heterocycles. The number of aromatic nitrogens is 1. The minimum absolute atomic E-state index is 0.240. The van der Waals surface area contributed by atoms with Gasteiger partial charge in [-0.2, -0.15) is 0 Å². The molecule has 1 aliphatic rings. The van der Waals surface area contributed by atoms with Crippen molar-refractivity contribution >= 4 is 21.6 Å². The summed E-state index contributed by atoms with van der Waals surface area (Å²) in [6.07, 6.45) is 0.710. The largest absolute Gasteiger partial charge is 0.378 e. The molecule has 0 aliphatic carbocycles. The first kappa shape index (κ1) is 18.6. The second kappa shape index (κ2) is 7.45. The molecule has 0 spiro atoms. The molecule has 2 heterocycles. The van der Waals surface area contributed by atoms with Crippen molar-refractivity contribution in [2.45, 2.75) is 13.0 Å². The van der Waals surface area contributed by atoms with Crippen molar-refractivity contribution in [1.29, 1.82) is 0 Å². The van der Waals surface area contributed by atoms with Crippen LogP contribution in [0.25, 0.3) is 0 Å². The normalized spacial score (nSPS) is 18.5. The van der Waals surface area contributed by atoms with E-state index in [-0.39, 0.29) is 18.6 Å². The smallest absolute Gasteiger partial charge is 0.237 e. The SMILES string of the molecule is Cc1cc(N(C)C)cc(C2CN(C(=O)CNS(C)(=O)=O)CCO2)n1. The molecule has 1 amide bonds. The lowest BCUT2D eigenvalue weighted by Crippen LogP contribution is -2.46. The van der Waals surface area contributed by atoms with E-state index in [2.05, 4.69) is 9.71 Å². The summed E-state index contributed by atoms with van der Waals surface area (Å²) in [4.78, 5) is 20.3. The minimum atomic E-state index is -3.39. The Hall–Kier alpha value is -1.71. The summed E-state index contributed by atoms with van der Waals surface area (Å²) in [6, 6.07) is 3.92. The van der Waals surface area contributed by atoms with Crippen molar-refractivity contribution in [3.8, 4) is 0 Å². The van der Waals surface area contributed by atoms with Crippen LogP contribution in [0.2, 0.25) is 0 Å². The van der Waals surface area contributed by atoms with Gasteiger partial charge in [0.2, 0.25) is 15.9 Å². The monoisotopic (exact) mass is 356 g/mol. The highest BCUT2D eigenvalue weighted by Crippen LogP contribution is 2.24. The zero-order valence-electron chi connectivity index (χ0n) is 14.4. The molecule has 0 bridgehead atoms. The maximum Gasteiger partial charge on any atom is 0.237 e. The quantitative estimate of drug-likeness (QED) is 0.792. The fourth-order valence-electron chi connectivity index (χ4n) is 2.46. The minimum Gasteiger partial charge on any atom is -0.378 e. The van der Waals surface area contributed by atoms with Crippen molar-refractivity contribution < 1.29 is 17.9 Å². The van der Waals surface area contributed by atoms with E-state index in [0.717, 1.165) is 23.3 Å². The van der Waals surface area contributed by atoms with Gasteiger partial charge < -0.3 is 14.5 Å². The Balaban J connectivity index is 2.09. The van der Waals surface area contributed by atoms with E-state index in [1.165, 1.54) is 0 Å². The maximum atomic E-state index is 12.2. The molecule has 2 rings (SSSR count). The Morgan fingerprint density at radius 2 is 2.17 bits per heavy atom.